The van der Waals surface area contributed by atoms with Crippen LogP contribution in [0.5, 0.6) is 11.5 Å². The van der Waals surface area contributed by atoms with Gasteiger partial charge in [0.15, 0.2) is 0 Å². The van der Waals surface area contributed by atoms with Crippen LogP contribution in [0.2, 0.25) is 5.02 Å². The van der Waals surface area contributed by atoms with E-state index in [1.165, 1.54) is 16.9 Å². The van der Waals surface area contributed by atoms with Gasteiger partial charge in [-0.1, -0.05) is 38.4 Å². The maximum atomic E-state index is 11.9. The summed E-state index contributed by atoms with van der Waals surface area (Å²) in [6.45, 7) is 7.59. The Morgan fingerprint density at radius 2 is 1.89 bits per heavy atom. The minimum Gasteiger partial charge on any atom is -0.505 e. The van der Waals surface area contributed by atoms with E-state index in [1.54, 1.807) is 37.3 Å². The van der Waals surface area contributed by atoms with Crippen LogP contribution in [0.1, 0.15) is 33.3 Å². The molecule has 0 spiro atoms. The van der Waals surface area contributed by atoms with Crippen LogP contribution < -0.4 is 4.74 Å². The largest absolute Gasteiger partial charge is 0.505 e. The SMILES string of the molecule is CC=CC(=O)Oc1cc(-n2nc3ccc(Cl)cc3n2)c(O)c(C(C)(C)C)c1. The third-order valence-electron chi connectivity index (χ3n) is 3.95. The first kappa shape index (κ1) is 18.9. The number of esters is 1. The molecule has 1 heterocycles. The molecule has 3 aromatic rings. The van der Waals surface area contributed by atoms with Crippen molar-refractivity contribution < 1.29 is 14.6 Å². The monoisotopic (exact) mass is 385 g/mol. The van der Waals surface area contributed by atoms with Gasteiger partial charge in [0.25, 0.3) is 0 Å². The van der Waals surface area contributed by atoms with Crippen molar-refractivity contribution in [2.24, 2.45) is 0 Å². The number of nitrogens with zero attached hydrogens (tertiary/aromatic N) is 3. The second kappa shape index (κ2) is 7.04. The Kier molecular flexibility index (Phi) is 4.93. The minimum absolute atomic E-state index is 0.0275. The van der Waals surface area contributed by atoms with Crippen molar-refractivity contribution in [2.45, 2.75) is 33.1 Å². The van der Waals surface area contributed by atoms with Crippen LogP contribution in [0, 0.1) is 0 Å². The molecule has 2 aromatic carbocycles. The highest BCUT2D eigenvalue weighted by Gasteiger charge is 2.24. The van der Waals surface area contributed by atoms with Crippen LogP contribution in [0.15, 0.2) is 42.5 Å². The van der Waals surface area contributed by atoms with E-state index in [4.69, 9.17) is 16.3 Å². The number of phenolic OH excluding ortho intramolecular Hbond substituents is 1. The van der Waals surface area contributed by atoms with Gasteiger partial charge in [0, 0.05) is 22.7 Å². The molecule has 0 aliphatic carbocycles. The number of carbonyl (C=O) groups is 1. The van der Waals surface area contributed by atoms with Gasteiger partial charge in [-0.15, -0.1) is 15.0 Å². The lowest BCUT2D eigenvalue weighted by atomic mass is 9.86. The third-order valence-corrected chi connectivity index (χ3v) is 4.19. The first-order chi connectivity index (χ1) is 12.7. The number of benzene rings is 2. The molecule has 7 heteroatoms. The zero-order chi connectivity index (χ0) is 19.8. The summed E-state index contributed by atoms with van der Waals surface area (Å²) in [6, 6.07) is 8.35. The van der Waals surface area contributed by atoms with Gasteiger partial charge in [-0.2, -0.15) is 0 Å². The molecule has 0 aliphatic heterocycles. The molecule has 0 unspecified atom stereocenters. The lowest BCUT2D eigenvalue weighted by molar-refractivity contribution is -0.129. The number of aromatic hydroxyl groups is 1. The zero-order valence-corrected chi connectivity index (χ0v) is 16.3. The topological polar surface area (TPSA) is 77.2 Å². The van der Waals surface area contributed by atoms with Crippen molar-refractivity contribution in [1.29, 1.82) is 0 Å². The van der Waals surface area contributed by atoms with Crippen molar-refractivity contribution in [2.75, 3.05) is 0 Å². The Hall–Kier alpha value is -2.86. The average Bonchev–Trinajstić information content (AvgIpc) is 2.98. The van der Waals surface area contributed by atoms with E-state index in [1.807, 2.05) is 20.8 Å². The third kappa shape index (κ3) is 3.95. The fraction of sp³-hybridized carbons (Fsp3) is 0.250. The molecular weight excluding hydrogens is 366 g/mol. The number of hydrogen-bond acceptors (Lipinski definition) is 5. The molecule has 0 fully saturated rings. The molecule has 0 bridgehead atoms. The van der Waals surface area contributed by atoms with Gasteiger partial charge in [0.2, 0.25) is 0 Å². The van der Waals surface area contributed by atoms with E-state index in [0.29, 0.717) is 33.1 Å². The Labute approximate surface area is 162 Å². The molecule has 0 aliphatic rings. The van der Waals surface area contributed by atoms with Crippen LogP contribution >= 0.6 is 11.6 Å². The fourth-order valence-electron chi connectivity index (χ4n) is 2.66. The molecule has 0 atom stereocenters. The summed E-state index contributed by atoms with van der Waals surface area (Å²) in [7, 11) is 0. The summed E-state index contributed by atoms with van der Waals surface area (Å²) in [4.78, 5) is 13.2. The first-order valence-corrected chi connectivity index (χ1v) is 8.82. The van der Waals surface area contributed by atoms with E-state index in [2.05, 4.69) is 10.2 Å². The predicted octanol–water partition coefficient (Wildman–Crippen LogP) is 4.56. The van der Waals surface area contributed by atoms with Crippen molar-refractivity contribution in [3.63, 3.8) is 0 Å². The lowest BCUT2D eigenvalue weighted by Crippen LogP contribution is -2.14. The van der Waals surface area contributed by atoms with Crippen molar-refractivity contribution in [1.82, 2.24) is 15.0 Å². The fourth-order valence-corrected chi connectivity index (χ4v) is 2.82. The predicted molar refractivity (Wildman–Crippen MR) is 105 cm³/mol. The summed E-state index contributed by atoms with van der Waals surface area (Å²) < 4.78 is 5.37. The number of aromatic nitrogens is 3. The van der Waals surface area contributed by atoms with E-state index in [-0.39, 0.29) is 5.75 Å². The maximum absolute atomic E-state index is 11.9. The smallest absolute Gasteiger partial charge is 0.335 e. The molecule has 0 saturated heterocycles. The van der Waals surface area contributed by atoms with Gasteiger partial charge in [0.1, 0.15) is 28.2 Å². The number of halogens is 1. The summed E-state index contributed by atoms with van der Waals surface area (Å²) in [6.07, 6.45) is 2.92. The molecule has 1 N–H and O–H groups in total. The molecule has 3 rings (SSSR count). The van der Waals surface area contributed by atoms with Crippen LogP contribution in [-0.4, -0.2) is 26.1 Å². The van der Waals surface area contributed by atoms with E-state index < -0.39 is 11.4 Å². The molecule has 140 valence electrons. The molecule has 6 nitrogen and oxygen atoms in total. The van der Waals surface area contributed by atoms with Gasteiger partial charge in [-0.05, 0) is 36.6 Å². The van der Waals surface area contributed by atoms with Crippen molar-refractivity contribution in [3.8, 4) is 17.2 Å². The van der Waals surface area contributed by atoms with Crippen LogP contribution in [0.4, 0.5) is 0 Å². The highest BCUT2D eigenvalue weighted by atomic mass is 35.5. The number of allylic oxidation sites excluding steroid dienone is 1. The van der Waals surface area contributed by atoms with Gasteiger partial charge >= 0.3 is 5.97 Å². The van der Waals surface area contributed by atoms with Crippen LogP contribution in [0.3, 0.4) is 0 Å². The first-order valence-electron chi connectivity index (χ1n) is 8.44. The van der Waals surface area contributed by atoms with Crippen LogP contribution in [-0.2, 0) is 10.2 Å². The molecule has 27 heavy (non-hydrogen) atoms. The van der Waals surface area contributed by atoms with E-state index in [0.717, 1.165) is 0 Å². The average molecular weight is 386 g/mol. The molecule has 1 aromatic heterocycles. The van der Waals surface area contributed by atoms with Crippen molar-refractivity contribution >= 4 is 28.6 Å². The Balaban J connectivity index is 2.18. The Bertz CT molecular complexity index is 1050. The normalized spacial score (nSPS) is 12.0. The van der Waals surface area contributed by atoms with Gasteiger partial charge in [-0.25, -0.2) is 4.79 Å². The number of hydrogen-bond donors (Lipinski definition) is 1. The maximum Gasteiger partial charge on any atom is 0.335 e. The molecule has 0 amide bonds. The van der Waals surface area contributed by atoms with Gasteiger partial charge < -0.3 is 9.84 Å². The number of fused-ring (bicyclic) bond motifs is 1. The van der Waals surface area contributed by atoms with Crippen LogP contribution in [0.25, 0.3) is 16.7 Å². The second-order valence-electron chi connectivity index (χ2n) is 7.13. The highest BCUT2D eigenvalue weighted by molar-refractivity contribution is 6.31. The van der Waals surface area contributed by atoms with Gasteiger partial charge in [-0.3, -0.25) is 0 Å². The van der Waals surface area contributed by atoms with E-state index in [9.17, 15) is 9.90 Å². The highest BCUT2D eigenvalue weighted by Crippen LogP contribution is 2.38. The summed E-state index contributed by atoms with van der Waals surface area (Å²) in [5.74, 6) is -0.172. The Morgan fingerprint density at radius 3 is 2.56 bits per heavy atom. The molecule has 0 saturated carbocycles. The van der Waals surface area contributed by atoms with Gasteiger partial charge in [0.05, 0.1) is 0 Å². The quantitative estimate of drug-likeness (QED) is 0.406. The number of carbonyl (C=O) groups excluding carboxylic acids is 1. The summed E-state index contributed by atoms with van der Waals surface area (Å²) in [5.41, 5.74) is 1.77. The number of phenols is 1. The Morgan fingerprint density at radius 1 is 1.19 bits per heavy atom. The summed E-state index contributed by atoms with van der Waals surface area (Å²) in [5, 5.41) is 20.2. The number of ether oxygens (including phenoxy) is 1. The zero-order valence-electron chi connectivity index (χ0n) is 15.5. The molecule has 0 radical (unpaired) electrons. The van der Waals surface area contributed by atoms with Crippen molar-refractivity contribution in [3.05, 3.63) is 53.1 Å². The minimum atomic E-state index is -0.501. The lowest BCUT2D eigenvalue weighted by Gasteiger charge is -2.22. The summed E-state index contributed by atoms with van der Waals surface area (Å²) >= 11 is 6.01. The standard InChI is InChI=1S/C20H20ClN3O3/c1-5-6-18(25)27-13-10-14(20(2,3)4)19(26)17(11-13)24-22-15-8-7-12(21)9-16(15)23-24/h5-11,26H,1-4H3. The number of rotatable bonds is 3. The van der Waals surface area contributed by atoms with E-state index >= 15 is 0 Å². The molecular formula is C20H20ClN3O3. The second-order valence-corrected chi connectivity index (χ2v) is 7.57.